The van der Waals surface area contributed by atoms with Crippen LogP contribution in [0.1, 0.15) is 17.5 Å². The van der Waals surface area contributed by atoms with Gasteiger partial charge in [0, 0.05) is 31.9 Å². The molecule has 0 aromatic heterocycles. The largest absolute Gasteiger partial charge is 0.368 e. The number of aryl methyl sites for hydroxylation is 2. The molecule has 0 radical (unpaired) electrons. The van der Waals surface area contributed by atoms with Crippen LogP contribution >= 0.6 is 11.6 Å². The van der Waals surface area contributed by atoms with Gasteiger partial charge in [-0.2, -0.15) is 0 Å². The van der Waals surface area contributed by atoms with Gasteiger partial charge in [0.25, 0.3) is 0 Å². The predicted octanol–water partition coefficient (Wildman–Crippen LogP) is 3.59. The molecule has 136 valence electrons. The summed E-state index contributed by atoms with van der Waals surface area (Å²) in [6.07, 6.45) is 3.52. The summed E-state index contributed by atoms with van der Waals surface area (Å²) >= 11 is 6.29. The number of carbonyl (C=O) groups excluding carboxylic acids is 1. The zero-order valence-electron chi connectivity index (χ0n) is 14.9. The third kappa shape index (κ3) is 3.87. The lowest BCUT2D eigenvalue weighted by atomic mass is 10.1. The Kier molecular flexibility index (Phi) is 5.14. The highest BCUT2D eigenvalue weighted by atomic mass is 35.5. The van der Waals surface area contributed by atoms with E-state index in [0.29, 0.717) is 6.54 Å². The standard InChI is InChI=1S/C21H24ClN3O/c22-19-6-1-2-7-20(19)25-12-10-24(11-13-25)15-21(26)23-18-9-8-16-4-3-5-17(16)14-18/h1-2,6-9,14H,3-5,10-13,15H2,(H,23,26). The number of nitrogens with one attached hydrogen (secondary N) is 1. The van der Waals surface area contributed by atoms with E-state index in [-0.39, 0.29) is 5.91 Å². The summed E-state index contributed by atoms with van der Waals surface area (Å²) in [4.78, 5) is 16.9. The molecule has 4 rings (SSSR count). The Morgan fingerprint density at radius 3 is 2.58 bits per heavy atom. The maximum absolute atomic E-state index is 12.4. The van der Waals surface area contributed by atoms with Crippen molar-refractivity contribution in [3.05, 3.63) is 58.6 Å². The number of amides is 1. The highest BCUT2D eigenvalue weighted by molar-refractivity contribution is 6.33. The molecular weight excluding hydrogens is 346 g/mol. The number of hydrogen-bond donors (Lipinski definition) is 1. The first-order valence-corrected chi connectivity index (χ1v) is 9.70. The predicted molar refractivity (Wildman–Crippen MR) is 107 cm³/mol. The first-order chi connectivity index (χ1) is 12.7. The molecule has 1 aliphatic carbocycles. The summed E-state index contributed by atoms with van der Waals surface area (Å²) in [5.41, 5.74) is 4.82. The number of piperazine rings is 1. The molecule has 2 aromatic rings. The van der Waals surface area contributed by atoms with Crippen LogP contribution in [0.5, 0.6) is 0 Å². The van der Waals surface area contributed by atoms with Crippen LogP contribution in [-0.2, 0) is 17.6 Å². The first-order valence-electron chi connectivity index (χ1n) is 9.32. The van der Waals surface area contributed by atoms with E-state index < -0.39 is 0 Å². The van der Waals surface area contributed by atoms with Crippen molar-refractivity contribution in [1.29, 1.82) is 0 Å². The van der Waals surface area contributed by atoms with Gasteiger partial charge in [-0.05, 0) is 54.7 Å². The fourth-order valence-electron chi connectivity index (χ4n) is 3.91. The second kappa shape index (κ2) is 7.68. The Bertz CT molecular complexity index is 800. The lowest BCUT2D eigenvalue weighted by Crippen LogP contribution is -2.48. The van der Waals surface area contributed by atoms with Gasteiger partial charge in [-0.15, -0.1) is 0 Å². The number of rotatable bonds is 4. The molecule has 5 heteroatoms. The van der Waals surface area contributed by atoms with Crippen molar-refractivity contribution >= 4 is 28.9 Å². The number of fused-ring (bicyclic) bond motifs is 1. The molecule has 1 heterocycles. The minimum absolute atomic E-state index is 0.0640. The Morgan fingerprint density at radius 1 is 1.00 bits per heavy atom. The highest BCUT2D eigenvalue weighted by Gasteiger charge is 2.20. The molecule has 1 fully saturated rings. The van der Waals surface area contributed by atoms with E-state index >= 15 is 0 Å². The quantitative estimate of drug-likeness (QED) is 0.894. The van der Waals surface area contributed by atoms with E-state index in [1.807, 2.05) is 24.3 Å². The number of nitrogens with zero attached hydrogens (tertiary/aromatic N) is 2. The van der Waals surface area contributed by atoms with Crippen molar-refractivity contribution in [2.24, 2.45) is 0 Å². The zero-order valence-corrected chi connectivity index (χ0v) is 15.6. The van der Waals surface area contributed by atoms with E-state index in [2.05, 4.69) is 33.3 Å². The van der Waals surface area contributed by atoms with Crippen LogP contribution < -0.4 is 10.2 Å². The number of hydrogen-bond acceptors (Lipinski definition) is 3. The molecule has 0 bridgehead atoms. The molecule has 4 nitrogen and oxygen atoms in total. The third-order valence-electron chi connectivity index (χ3n) is 5.31. The summed E-state index contributed by atoms with van der Waals surface area (Å²) in [5, 5.41) is 3.84. The van der Waals surface area contributed by atoms with E-state index in [4.69, 9.17) is 11.6 Å². The van der Waals surface area contributed by atoms with Gasteiger partial charge in [-0.25, -0.2) is 0 Å². The van der Waals surface area contributed by atoms with Crippen LogP contribution in [0.25, 0.3) is 0 Å². The van der Waals surface area contributed by atoms with E-state index in [0.717, 1.165) is 49.0 Å². The van der Waals surface area contributed by atoms with Crippen molar-refractivity contribution in [2.45, 2.75) is 19.3 Å². The Morgan fingerprint density at radius 2 is 1.77 bits per heavy atom. The summed E-state index contributed by atoms with van der Waals surface area (Å²) in [7, 11) is 0. The van der Waals surface area contributed by atoms with E-state index in [1.54, 1.807) is 0 Å². The maximum Gasteiger partial charge on any atom is 0.238 e. The second-order valence-electron chi connectivity index (χ2n) is 7.10. The number of benzene rings is 2. The van der Waals surface area contributed by atoms with Gasteiger partial charge in [-0.1, -0.05) is 29.8 Å². The molecule has 1 aliphatic heterocycles. The lowest BCUT2D eigenvalue weighted by Gasteiger charge is -2.36. The maximum atomic E-state index is 12.4. The van der Waals surface area contributed by atoms with Gasteiger partial charge < -0.3 is 10.2 Å². The minimum atomic E-state index is 0.0640. The molecule has 0 saturated carbocycles. The average Bonchev–Trinajstić information content (AvgIpc) is 3.11. The zero-order chi connectivity index (χ0) is 17.9. The van der Waals surface area contributed by atoms with Crippen LogP contribution in [0.15, 0.2) is 42.5 Å². The van der Waals surface area contributed by atoms with Gasteiger partial charge in [-0.3, -0.25) is 9.69 Å². The lowest BCUT2D eigenvalue weighted by molar-refractivity contribution is -0.117. The van der Waals surface area contributed by atoms with Gasteiger partial charge in [0.2, 0.25) is 5.91 Å². The van der Waals surface area contributed by atoms with Gasteiger partial charge in [0.15, 0.2) is 0 Å². The Balaban J connectivity index is 1.29. The number of carbonyl (C=O) groups is 1. The molecule has 2 aromatic carbocycles. The molecule has 0 unspecified atom stereocenters. The van der Waals surface area contributed by atoms with Crippen LogP contribution in [0.3, 0.4) is 0 Å². The molecule has 1 N–H and O–H groups in total. The number of anilines is 2. The molecular formula is C21H24ClN3O. The van der Waals surface area contributed by atoms with Crippen LogP contribution in [0.2, 0.25) is 5.02 Å². The van der Waals surface area contributed by atoms with Gasteiger partial charge in [0.05, 0.1) is 17.3 Å². The fourth-order valence-corrected chi connectivity index (χ4v) is 4.16. The van der Waals surface area contributed by atoms with Crippen LogP contribution in [-0.4, -0.2) is 43.5 Å². The number of halogens is 1. The van der Waals surface area contributed by atoms with Crippen molar-refractivity contribution in [2.75, 3.05) is 42.9 Å². The van der Waals surface area contributed by atoms with Crippen molar-refractivity contribution in [1.82, 2.24) is 4.90 Å². The summed E-state index contributed by atoms with van der Waals surface area (Å²) in [6.45, 7) is 3.94. The smallest absolute Gasteiger partial charge is 0.238 e. The molecule has 1 amide bonds. The monoisotopic (exact) mass is 369 g/mol. The summed E-state index contributed by atoms with van der Waals surface area (Å²) in [5.74, 6) is 0.0640. The second-order valence-corrected chi connectivity index (χ2v) is 7.51. The molecule has 2 aliphatic rings. The van der Waals surface area contributed by atoms with Gasteiger partial charge >= 0.3 is 0 Å². The average molecular weight is 370 g/mol. The van der Waals surface area contributed by atoms with E-state index in [9.17, 15) is 4.79 Å². The summed E-state index contributed by atoms with van der Waals surface area (Å²) < 4.78 is 0. The third-order valence-corrected chi connectivity index (χ3v) is 5.63. The fraction of sp³-hybridized carbons (Fsp3) is 0.381. The molecule has 0 spiro atoms. The number of para-hydroxylation sites is 1. The topological polar surface area (TPSA) is 35.6 Å². The minimum Gasteiger partial charge on any atom is -0.368 e. The Labute approximate surface area is 159 Å². The van der Waals surface area contributed by atoms with E-state index in [1.165, 1.54) is 24.0 Å². The molecule has 0 atom stereocenters. The first kappa shape index (κ1) is 17.4. The van der Waals surface area contributed by atoms with Crippen molar-refractivity contribution in [3.8, 4) is 0 Å². The highest BCUT2D eigenvalue weighted by Crippen LogP contribution is 2.26. The Hall–Kier alpha value is -2.04. The summed E-state index contributed by atoms with van der Waals surface area (Å²) in [6, 6.07) is 14.3. The molecule has 26 heavy (non-hydrogen) atoms. The SMILES string of the molecule is O=C(CN1CCN(c2ccccc2Cl)CC1)Nc1ccc2c(c1)CCC2. The van der Waals surface area contributed by atoms with Crippen molar-refractivity contribution < 1.29 is 4.79 Å². The normalized spacial score (nSPS) is 17.2. The molecule has 1 saturated heterocycles. The van der Waals surface area contributed by atoms with Crippen LogP contribution in [0.4, 0.5) is 11.4 Å². The van der Waals surface area contributed by atoms with Gasteiger partial charge in [0.1, 0.15) is 0 Å². The van der Waals surface area contributed by atoms with Crippen molar-refractivity contribution in [3.63, 3.8) is 0 Å². The van der Waals surface area contributed by atoms with Crippen LogP contribution in [0, 0.1) is 0 Å².